The van der Waals surface area contributed by atoms with E-state index in [1.807, 2.05) is 0 Å². The van der Waals surface area contributed by atoms with Gasteiger partial charge >= 0.3 is 0 Å². The van der Waals surface area contributed by atoms with Crippen molar-refractivity contribution in [2.45, 2.75) is 24.2 Å². The Hall–Kier alpha value is -2.52. The van der Waals surface area contributed by atoms with Crippen molar-refractivity contribution < 1.29 is 13.3 Å². The standard InChI is InChI=1S/C16H18N4O4S/c21-20(22)14-6-4-5-13(11-14)18-16-8-7-15(12-17-16)25(23,24)19-9-2-1-3-10-19/h4-8,11-12H,1-3,9-10H2,(H,17,18). The molecule has 0 spiro atoms. The van der Waals surface area contributed by atoms with Crippen molar-refractivity contribution in [3.05, 3.63) is 52.7 Å². The minimum atomic E-state index is -3.52. The molecule has 0 radical (unpaired) electrons. The normalized spacial score (nSPS) is 15.7. The molecule has 1 saturated heterocycles. The summed E-state index contributed by atoms with van der Waals surface area (Å²) in [5.74, 6) is 0.415. The lowest BCUT2D eigenvalue weighted by atomic mass is 10.2. The van der Waals surface area contributed by atoms with Crippen LogP contribution in [0.1, 0.15) is 19.3 Å². The monoisotopic (exact) mass is 362 g/mol. The third-order valence-corrected chi connectivity index (χ3v) is 5.90. The minimum absolute atomic E-state index is 0.0331. The summed E-state index contributed by atoms with van der Waals surface area (Å²) >= 11 is 0. The number of rotatable bonds is 5. The van der Waals surface area contributed by atoms with Gasteiger partial charge in [-0.15, -0.1) is 0 Å². The van der Waals surface area contributed by atoms with Gasteiger partial charge in [-0.05, 0) is 31.0 Å². The second kappa shape index (κ2) is 7.16. The first-order valence-corrected chi connectivity index (χ1v) is 9.38. The Labute approximate surface area is 145 Å². The molecule has 0 atom stereocenters. The fraction of sp³-hybridized carbons (Fsp3) is 0.312. The van der Waals surface area contributed by atoms with Crippen LogP contribution in [-0.4, -0.2) is 35.7 Å². The Bertz CT molecular complexity index is 862. The molecule has 1 aliphatic rings. The van der Waals surface area contributed by atoms with Crippen LogP contribution in [0, 0.1) is 10.1 Å². The quantitative estimate of drug-likeness (QED) is 0.647. The summed E-state index contributed by atoms with van der Waals surface area (Å²) in [5, 5.41) is 13.7. The van der Waals surface area contributed by atoms with Crippen LogP contribution in [-0.2, 0) is 10.0 Å². The summed E-state index contributed by atoms with van der Waals surface area (Å²) in [4.78, 5) is 14.6. The van der Waals surface area contributed by atoms with Gasteiger partial charge in [0.2, 0.25) is 10.0 Å². The summed E-state index contributed by atoms with van der Waals surface area (Å²) in [6.07, 6.45) is 4.11. The number of aromatic nitrogens is 1. The third-order valence-electron chi connectivity index (χ3n) is 4.02. The second-order valence-corrected chi connectivity index (χ2v) is 7.71. The van der Waals surface area contributed by atoms with Gasteiger partial charge in [-0.3, -0.25) is 10.1 Å². The highest BCUT2D eigenvalue weighted by Crippen LogP contribution is 2.23. The van der Waals surface area contributed by atoms with Gasteiger partial charge in [0.1, 0.15) is 10.7 Å². The number of pyridine rings is 1. The van der Waals surface area contributed by atoms with Gasteiger partial charge in [-0.25, -0.2) is 13.4 Å². The topological polar surface area (TPSA) is 105 Å². The summed E-state index contributed by atoms with van der Waals surface area (Å²) < 4.78 is 26.6. The van der Waals surface area contributed by atoms with Crippen LogP contribution in [0.15, 0.2) is 47.5 Å². The van der Waals surface area contributed by atoms with Crippen molar-refractivity contribution in [1.82, 2.24) is 9.29 Å². The zero-order valence-electron chi connectivity index (χ0n) is 13.5. The van der Waals surface area contributed by atoms with E-state index < -0.39 is 14.9 Å². The van der Waals surface area contributed by atoms with E-state index in [0.29, 0.717) is 24.6 Å². The molecular formula is C16H18N4O4S. The van der Waals surface area contributed by atoms with E-state index in [-0.39, 0.29) is 10.6 Å². The van der Waals surface area contributed by atoms with Crippen LogP contribution in [0.2, 0.25) is 0 Å². The fourth-order valence-corrected chi connectivity index (χ4v) is 4.17. The van der Waals surface area contributed by atoms with E-state index in [0.717, 1.165) is 19.3 Å². The fourth-order valence-electron chi connectivity index (χ4n) is 2.71. The Morgan fingerprint density at radius 1 is 1.12 bits per heavy atom. The van der Waals surface area contributed by atoms with E-state index in [1.54, 1.807) is 18.2 Å². The number of benzene rings is 1. The number of non-ortho nitro benzene ring substituents is 1. The van der Waals surface area contributed by atoms with E-state index in [2.05, 4.69) is 10.3 Å². The van der Waals surface area contributed by atoms with Crippen LogP contribution < -0.4 is 5.32 Å². The molecular weight excluding hydrogens is 344 g/mol. The van der Waals surface area contributed by atoms with Crippen LogP contribution in [0.5, 0.6) is 0 Å². The molecule has 8 nitrogen and oxygen atoms in total. The molecule has 0 amide bonds. The predicted octanol–water partition coefficient (Wildman–Crippen LogP) is 2.91. The number of nitro benzene ring substituents is 1. The zero-order chi connectivity index (χ0) is 17.9. The largest absolute Gasteiger partial charge is 0.340 e. The maximum Gasteiger partial charge on any atom is 0.271 e. The van der Waals surface area contributed by atoms with Gasteiger partial charge in [-0.1, -0.05) is 12.5 Å². The molecule has 1 aromatic carbocycles. The van der Waals surface area contributed by atoms with Crippen molar-refractivity contribution in [2.24, 2.45) is 0 Å². The lowest BCUT2D eigenvalue weighted by molar-refractivity contribution is -0.384. The second-order valence-electron chi connectivity index (χ2n) is 5.78. The van der Waals surface area contributed by atoms with Gasteiger partial charge in [0.05, 0.1) is 4.92 Å². The highest BCUT2D eigenvalue weighted by molar-refractivity contribution is 7.89. The number of sulfonamides is 1. The molecule has 1 aromatic heterocycles. The van der Waals surface area contributed by atoms with Gasteiger partial charge in [0.15, 0.2) is 0 Å². The maximum atomic E-state index is 12.6. The number of nitrogens with one attached hydrogen (secondary N) is 1. The van der Waals surface area contributed by atoms with Gasteiger partial charge in [0.25, 0.3) is 5.69 Å². The molecule has 3 rings (SSSR count). The summed E-state index contributed by atoms with van der Waals surface area (Å²) in [6.45, 7) is 1.08. The Balaban J connectivity index is 1.76. The molecule has 0 unspecified atom stereocenters. The average molecular weight is 362 g/mol. The maximum absolute atomic E-state index is 12.6. The van der Waals surface area contributed by atoms with Crippen LogP contribution >= 0.6 is 0 Å². The molecule has 0 saturated carbocycles. The molecule has 2 heterocycles. The molecule has 132 valence electrons. The van der Waals surface area contributed by atoms with Crippen LogP contribution in [0.25, 0.3) is 0 Å². The molecule has 0 aliphatic carbocycles. The SMILES string of the molecule is O=[N+]([O-])c1cccc(Nc2ccc(S(=O)(=O)N3CCCCC3)cn2)c1. The Morgan fingerprint density at radius 2 is 1.88 bits per heavy atom. The first-order chi connectivity index (χ1) is 12.0. The number of nitrogens with zero attached hydrogens (tertiary/aromatic N) is 3. The molecule has 1 fully saturated rings. The lowest BCUT2D eigenvalue weighted by Gasteiger charge is -2.25. The molecule has 25 heavy (non-hydrogen) atoms. The number of piperidine rings is 1. The van der Waals surface area contributed by atoms with Crippen molar-refractivity contribution in [2.75, 3.05) is 18.4 Å². The van der Waals surface area contributed by atoms with Crippen LogP contribution in [0.3, 0.4) is 0 Å². The third kappa shape index (κ3) is 3.94. The van der Waals surface area contributed by atoms with E-state index in [9.17, 15) is 18.5 Å². The lowest BCUT2D eigenvalue weighted by Crippen LogP contribution is -2.35. The highest BCUT2D eigenvalue weighted by Gasteiger charge is 2.26. The summed E-state index contributed by atoms with van der Waals surface area (Å²) in [5.41, 5.74) is 0.475. The number of anilines is 2. The van der Waals surface area contributed by atoms with Crippen molar-refractivity contribution in [3.8, 4) is 0 Å². The highest BCUT2D eigenvalue weighted by atomic mass is 32.2. The van der Waals surface area contributed by atoms with E-state index >= 15 is 0 Å². The summed E-state index contributed by atoms with van der Waals surface area (Å²) in [7, 11) is -3.52. The molecule has 0 bridgehead atoms. The van der Waals surface area contributed by atoms with Gasteiger partial charge < -0.3 is 5.32 Å². The summed E-state index contributed by atoms with van der Waals surface area (Å²) in [6, 6.07) is 9.07. The Kier molecular flexibility index (Phi) is 4.95. The Morgan fingerprint density at radius 3 is 2.52 bits per heavy atom. The van der Waals surface area contributed by atoms with Crippen molar-refractivity contribution in [1.29, 1.82) is 0 Å². The first kappa shape index (κ1) is 17.3. The van der Waals surface area contributed by atoms with Crippen molar-refractivity contribution >= 4 is 27.2 Å². The smallest absolute Gasteiger partial charge is 0.271 e. The molecule has 9 heteroatoms. The minimum Gasteiger partial charge on any atom is -0.340 e. The molecule has 1 aliphatic heterocycles. The van der Waals surface area contributed by atoms with E-state index in [1.165, 1.54) is 28.7 Å². The van der Waals surface area contributed by atoms with Gasteiger partial charge in [0, 0.05) is 37.1 Å². The predicted molar refractivity (Wildman–Crippen MR) is 93.2 cm³/mol. The van der Waals surface area contributed by atoms with Gasteiger partial charge in [-0.2, -0.15) is 4.31 Å². The molecule has 1 N–H and O–H groups in total. The zero-order valence-corrected chi connectivity index (χ0v) is 14.3. The number of hydrogen-bond acceptors (Lipinski definition) is 6. The van der Waals surface area contributed by atoms with E-state index in [4.69, 9.17) is 0 Å². The molecule has 2 aromatic rings. The van der Waals surface area contributed by atoms with Crippen LogP contribution in [0.4, 0.5) is 17.2 Å². The first-order valence-electron chi connectivity index (χ1n) is 7.94. The van der Waals surface area contributed by atoms with Crippen molar-refractivity contribution in [3.63, 3.8) is 0 Å². The number of nitro groups is 1. The average Bonchev–Trinajstić information content (AvgIpc) is 2.63. The number of hydrogen-bond donors (Lipinski definition) is 1.